The third-order valence-electron chi connectivity index (χ3n) is 2.78. The summed E-state index contributed by atoms with van der Waals surface area (Å²) in [4.78, 5) is 4.45. The molecule has 3 heteroatoms. The lowest BCUT2D eigenvalue weighted by Gasteiger charge is -2.07. The van der Waals surface area contributed by atoms with Crippen molar-refractivity contribution in [3.63, 3.8) is 0 Å². The topological polar surface area (TPSA) is 24.9 Å². The number of halogens is 1. The maximum Gasteiger partial charge on any atom is 0.0544 e. The van der Waals surface area contributed by atoms with Gasteiger partial charge in [0.25, 0.3) is 0 Å². The van der Waals surface area contributed by atoms with Crippen LogP contribution in [0.4, 0.5) is 0 Å². The number of rotatable bonds is 4. The van der Waals surface area contributed by atoms with Crippen molar-refractivity contribution in [2.45, 2.75) is 26.9 Å². The van der Waals surface area contributed by atoms with E-state index in [-0.39, 0.29) is 0 Å². The van der Waals surface area contributed by atoms with Gasteiger partial charge in [-0.15, -0.1) is 0 Å². The summed E-state index contributed by atoms with van der Waals surface area (Å²) in [5, 5.41) is 4.18. The SMILES string of the molecule is Cc1ccc(CNCc2cccc(C)n2)c(Cl)c1. The van der Waals surface area contributed by atoms with Gasteiger partial charge in [0.15, 0.2) is 0 Å². The Morgan fingerprint density at radius 2 is 1.94 bits per heavy atom. The van der Waals surface area contributed by atoms with Crippen LogP contribution in [0.2, 0.25) is 5.02 Å². The van der Waals surface area contributed by atoms with Crippen molar-refractivity contribution in [2.75, 3.05) is 0 Å². The second kappa shape index (κ2) is 5.98. The van der Waals surface area contributed by atoms with Gasteiger partial charge in [0.2, 0.25) is 0 Å². The van der Waals surface area contributed by atoms with Crippen LogP contribution < -0.4 is 5.32 Å². The van der Waals surface area contributed by atoms with Crippen LogP contribution in [0.25, 0.3) is 0 Å². The predicted octanol–water partition coefficient (Wildman–Crippen LogP) is 3.64. The normalized spacial score (nSPS) is 10.6. The molecule has 18 heavy (non-hydrogen) atoms. The van der Waals surface area contributed by atoms with Crippen LogP contribution in [0.3, 0.4) is 0 Å². The van der Waals surface area contributed by atoms with Gasteiger partial charge in [0, 0.05) is 23.8 Å². The first-order valence-electron chi connectivity index (χ1n) is 6.03. The molecule has 0 atom stereocenters. The number of nitrogens with one attached hydrogen (secondary N) is 1. The molecule has 2 aromatic rings. The summed E-state index contributed by atoms with van der Waals surface area (Å²) in [5.74, 6) is 0. The molecular formula is C15H17ClN2. The molecule has 1 aromatic carbocycles. The van der Waals surface area contributed by atoms with E-state index in [1.165, 1.54) is 5.56 Å². The molecule has 0 saturated carbocycles. The zero-order valence-electron chi connectivity index (χ0n) is 10.7. The molecule has 94 valence electrons. The number of hydrogen-bond acceptors (Lipinski definition) is 2. The van der Waals surface area contributed by atoms with Crippen molar-refractivity contribution in [3.8, 4) is 0 Å². The van der Waals surface area contributed by atoms with Gasteiger partial charge in [0.1, 0.15) is 0 Å². The van der Waals surface area contributed by atoms with Crippen LogP contribution in [-0.2, 0) is 13.1 Å². The fraction of sp³-hybridized carbons (Fsp3) is 0.267. The number of aromatic nitrogens is 1. The van der Waals surface area contributed by atoms with Crippen molar-refractivity contribution < 1.29 is 0 Å². The number of nitrogens with zero attached hydrogens (tertiary/aromatic N) is 1. The molecule has 0 bridgehead atoms. The molecule has 1 aromatic heterocycles. The van der Waals surface area contributed by atoms with E-state index >= 15 is 0 Å². The van der Waals surface area contributed by atoms with Crippen LogP contribution in [-0.4, -0.2) is 4.98 Å². The molecule has 0 unspecified atom stereocenters. The number of pyridine rings is 1. The molecule has 0 spiro atoms. The van der Waals surface area contributed by atoms with Crippen molar-refractivity contribution in [1.82, 2.24) is 10.3 Å². The Hall–Kier alpha value is -1.38. The third kappa shape index (κ3) is 3.56. The average molecular weight is 261 g/mol. The monoisotopic (exact) mass is 260 g/mol. The molecule has 0 saturated heterocycles. The Bertz CT molecular complexity index is 538. The highest BCUT2D eigenvalue weighted by Gasteiger charge is 2.00. The first-order chi connectivity index (χ1) is 8.65. The Balaban J connectivity index is 1.92. The molecule has 0 aliphatic heterocycles. The largest absolute Gasteiger partial charge is 0.307 e. The molecule has 2 rings (SSSR count). The molecule has 0 aliphatic rings. The minimum absolute atomic E-state index is 0.756. The highest BCUT2D eigenvalue weighted by molar-refractivity contribution is 6.31. The molecule has 2 nitrogen and oxygen atoms in total. The van der Waals surface area contributed by atoms with Crippen LogP contribution in [0.15, 0.2) is 36.4 Å². The minimum Gasteiger partial charge on any atom is -0.307 e. The van der Waals surface area contributed by atoms with E-state index in [1.54, 1.807) is 0 Å². The standard InChI is InChI=1S/C15H17ClN2/c1-11-6-7-13(15(16)8-11)9-17-10-14-5-3-4-12(2)18-14/h3-8,17H,9-10H2,1-2H3. The molecule has 0 radical (unpaired) electrons. The maximum absolute atomic E-state index is 6.18. The molecule has 0 fully saturated rings. The molecule has 0 amide bonds. The molecule has 0 aliphatic carbocycles. The highest BCUT2D eigenvalue weighted by atomic mass is 35.5. The predicted molar refractivity (Wildman–Crippen MR) is 75.7 cm³/mol. The average Bonchev–Trinajstić information content (AvgIpc) is 2.32. The van der Waals surface area contributed by atoms with Gasteiger partial charge in [-0.25, -0.2) is 0 Å². The van der Waals surface area contributed by atoms with Gasteiger partial charge in [0.05, 0.1) is 5.69 Å². The maximum atomic E-state index is 6.18. The summed E-state index contributed by atoms with van der Waals surface area (Å²) in [6.07, 6.45) is 0. The van der Waals surface area contributed by atoms with Crippen molar-refractivity contribution >= 4 is 11.6 Å². The molecule has 1 heterocycles. The van der Waals surface area contributed by atoms with E-state index in [4.69, 9.17) is 11.6 Å². The summed E-state index contributed by atoms with van der Waals surface area (Å²) in [5.41, 5.74) is 4.40. The van der Waals surface area contributed by atoms with E-state index in [0.717, 1.165) is 35.1 Å². The van der Waals surface area contributed by atoms with Gasteiger partial charge < -0.3 is 5.32 Å². The third-order valence-corrected chi connectivity index (χ3v) is 3.13. The quantitative estimate of drug-likeness (QED) is 0.908. The van der Waals surface area contributed by atoms with Crippen LogP contribution >= 0.6 is 11.6 Å². The summed E-state index contributed by atoms with van der Waals surface area (Å²) in [7, 11) is 0. The second-order valence-electron chi connectivity index (χ2n) is 4.47. The first-order valence-corrected chi connectivity index (χ1v) is 6.41. The summed E-state index contributed by atoms with van der Waals surface area (Å²) in [6, 6.07) is 12.2. The highest BCUT2D eigenvalue weighted by Crippen LogP contribution is 2.17. The lowest BCUT2D eigenvalue weighted by molar-refractivity contribution is 0.678. The fourth-order valence-electron chi connectivity index (χ4n) is 1.82. The summed E-state index contributed by atoms with van der Waals surface area (Å²) in [6.45, 7) is 5.56. The van der Waals surface area contributed by atoms with Gasteiger partial charge >= 0.3 is 0 Å². The Kier molecular flexibility index (Phi) is 4.34. The van der Waals surface area contributed by atoms with Crippen LogP contribution in [0, 0.1) is 13.8 Å². The smallest absolute Gasteiger partial charge is 0.0544 e. The van der Waals surface area contributed by atoms with Gasteiger partial charge in [-0.3, -0.25) is 4.98 Å². The fourth-order valence-corrected chi connectivity index (χ4v) is 2.12. The minimum atomic E-state index is 0.756. The van der Waals surface area contributed by atoms with Crippen molar-refractivity contribution in [2.24, 2.45) is 0 Å². The summed E-state index contributed by atoms with van der Waals surface area (Å²) < 4.78 is 0. The Labute approximate surface area is 113 Å². The van der Waals surface area contributed by atoms with Gasteiger partial charge in [-0.1, -0.05) is 29.8 Å². The second-order valence-corrected chi connectivity index (χ2v) is 4.88. The Morgan fingerprint density at radius 1 is 1.11 bits per heavy atom. The number of hydrogen-bond donors (Lipinski definition) is 1. The van der Waals surface area contributed by atoms with Crippen LogP contribution in [0.1, 0.15) is 22.5 Å². The van der Waals surface area contributed by atoms with E-state index in [2.05, 4.69) is 22.4 Å². The van der Waals surface area contributed by atoms with E-state index in [0.29, 0.717) is 0 Å². The molecular weight excluding hydrogens is 244 g/mol. The Morgan fingerprint density at radius 3 is 2.67 bits per heavy atom. The molecule has 1 N–H and O–H groups in total. The van der Waals surface area contributed by atoms with E-state index in [1.807, 2.05) is 38.1 Å². The zero-order chi connectivity index (χ0) is 13.0. The van der Waals surface area contributed by atoms with E-state index < -0.39 is 0 Å². The lowest BCUT2D eigenvalue weighted by Crippen LogP contribution is -2.14. The number of aryl methyl sites for hydroxylation is 2. The van der Waals surface area contributed by atoms with Gasteiger partial charge in [-0.05, 0) is 43.2 Å². The van der Waals surface area contributed by atoms with Gasteiger partial charge in [-0.2, -0.15) is 0 Å². The lowest BCUT2D eigenvalue weighted by atomic mass is 10.1. The van der Waals surface area contributed by atoms with E-state index in [9.17, 15) is 0 Å². The van der Waals surface area contributed by atoms with Crippen molar-refractivity contribution in [3.05, 3.63) is 63.9 Å². The van der Waals surface area contributed by atoms with Crippen LogP contribution in [0.5, 0.6) is 0 Å². The zero-order valence-corrected chi connectivity index (χ0v) is 11.5. The summed E-state index contributed by atoms with van der Waals surface area (Å²) >= 11 is 6.18. The first kappa shape index (κ1) is 13.1. The van der Waals surface area contributed by atoms with Crippen molar-refractivity contribution in [1.29, 1.82) is 0 Å². The number of benzene rings is 1.